The highest BCUT2D eigenvalue weighted by Crippen LogP contribution is 2.39. The summed E-state index contributed by atoms with van der Waals surface area (Å²) in [6.07, 6.45) is 42.7. The first-order chi connectivity index (χ1) is 42.6. The normalized spacial score (nSPS) is 16.4. The topological polar surface area (TPSA) is 195 Å². The van der Waals surface area contributed by atoms with Gasteiger partial charge in [0.1, 0.15) is 26.3 Å². The highest BCUT2D eigenvalue weighted by atomic mass is 127. The number of benzene rings is 2. The predicted molar refractivity (Wildman–Crippen MR) is 378 cm³/mol. The van der Waals surface area contributed by atoms with Gasteiger partial charge in [0.2, 0.25) is 0 Å². The van der Waals surface area contributed by atoms with Crippen molar-refractivity contribution >= 4 is 64.8 Å². The SMILES string of the molecule is CC1(C)COB(B2OCC(C)(C)CO2)OC1.C[N+](C)(C)CCOP(=O)([O-])OCCCCCCCCCCCCCCCCCCc1ccc(B(O)O)cc1.C[N+](C)(C)CCOP(=O)([O-])OCCCCCCCCCCCCCCCCCCc1ccc(I)cc1. The Kier molecular flexibility index (Phi) is 47.2. The lowest BCUT2D eigenvalue weighted by molar-refractivity contribution is -0.870. The van der Waals surface area contributed by atoms with Crippen LogP contribution in [0.3, 0.4) is 0 Å². The molecular weight excluding hydrogens is 1290 g/mol. The number of phosphoric acid groups is 2. The molecule has 22 heteroatoms. The largest absolute Gasteiger partial charge is 0.756 e. The van der Waals surface area contributed by atoms with E-state index in [0.717, 1.165) is 44.9 Å². The van der Waals surface area contributed by atoms with E-state index in [1.54, 1.807) is 12.1 Å². The van der Waals surface area contributed by atoms with E-state index < -0.39 is 22.8 Å². The van der Waals surface area contributed by atoms with Gasteiger partial charge in [-0.1, -0.05) is 244 Å². The maximum absolute atomic E-state index is 11.7. The lowest BCUT2D eigenvalue weighted by Crippen LogP contribution is -2.56. The van der Waals surface area contributed by atoms with Crippen LogP contribution in [0.5, 0.6) is 0 Å². The molecule has 0 aromatic heterocycles. The van der Waals surface area contributed by atoms with Crippen molar-refractivity contribution in [2.45, 2.75) is 246 Å². The molecule has 2 aromatic rings. The molecule has 2 aliphatic heterocycles. The Balaban J connectivity index is 0.000000494. The Bertz CT molecular complexity index is 2100. The Morgan fingerprint density at radius 2 is 0.656 bits per heavy atom. The average Bonchev–Trinajstić information content (AvgIpc) is 1.25. The van der Waals surface area contributed by atoms with Gasteiger partial charge in [0.05, 0.1) is 55.5 Å². The molecule has 2 heterocycles. The van der Waals surface area contributed by atoms with Gasteiger partial charge in [-0.05, 0) is 89.8 Å². The second kappa shape index (κ2) is 49.7. The molecule has 0 bridgehead atoms. The Hall–Kier alpha value is -0.735. The van der Waals surface area contributed by atoms with Crippen LogP contribution >= 0.6 is 38.2 Å². The van der Waals surface area contributed by atoms with Gasteiger partial charge in [0.25, 0.3) is 15.6 Å². The van der Waals surface area contributed by atoms with Crippen LogP contribution in [0.25, 0.3) is 0 Å². The van der Waals surface area contributed by atoms with Crippen molar-refractivity contribution in [3.8, 4) is 0 Å². The fourth-order valence-corrected chi connectivity index (χ4v) is 12.1. The smallest absolute Gasteiger partial charge is 0.488 e. The maximum atomic E-state index is 11.7. The Labute approximate surface area is 564 Å². The van der Waals surface area contributed by atoms with Gasteiger partial charge in [-0.3, -0.25) is 9.13 Å². The Morgan fingerprint density at radius 1 is 0.422 bits per heavy atom. The Morgan fingerprint density at radius 3 is 0.911 bits per heavy atom. The molecule has 4 rings (SSSR count). The van der Waals surface area contributed by atoms with Crippen LogP contribution in [-0.4, -0.2) is 148 Å². The van der Waals surface area contributed by atoms with Crippen LogP contribution in [0.2, 0.25) is 0 Å². The van der Waals surface area contributed by atoms with Gasteiger partial charge in [0, 0.05) is 40.8 Å². The van der Waals surface area contributed by atoms with Crippen molar-refractivity contribution in [2.75, 3.05) is 108 Å². The van der Waals surface area contributed by atoms with Crippen LogP contribution in [0.15, 0.2) is 48.5 Å². The molecule has 2 atom stereocenters. The number of rotatable bonds is 50. The molecule has 0 radical (unpaired) electrons. The molecule has 0 amide bonds. The van der Waals surface area contributed by atoms with Crippen LogP contribution in [-0.2, 0) is 58.7 Å². The van der Waals surface area contributed by atoms with E-state index >= 15 is 0 Å². The minimum Gasteiger partial charge on any atom is -0.756 e. The first-order valence-electron chi connectivity index (χ1n) is 35.1. The number of likely N-dealkylation sites (N-methyl/N-ethyl adjacent to an activating group) is 2. The summed E-state index contributed by atoms with van der Waals surface area (Å²) in [5.41, 5.74) is 3.47. The lowest BCUT2D eigenvalue weighted by atomic mass is 9.47. The molecule has 2 N–H and O–H groups in total. The molecule has 0 saturated carbocycles. The van der Waals surface area contributed by atoms with Gasteiger partial charge in [-0.2, -0.15) is 0 Å². The number of phosphoric ester groups is 2. The van der Waals surface area contributed by atoms with Gasteiger partial charge in [0.15, 0.2) is 0 Å². The van der Waals surface area contributed by atoms with E-state index in [-0.39, 0.29) is 51.3 Å². The molecule has 2 unspecified atom stereocenters. The highest BCUT2D eigenvalue weighted by molar-refractivity contribution is 14.1. The van der Waals surface area contributed by atoms with Crippen molar-refractivity contribution < 1.29 is 74.6 Å². The summed E-state index contributed by atoms with van der Waals surface area (Å²) in [5.74, 6) is 0. The molecule has 2 fully saturated rings. The third-order valence-corrected chi connectivity index (χ3v) is 18.9. The number of quaternary nitrogens is 2. The number of halogens is 1. The predicted octanol–water partition coefficient (Wildman–Crippen LogP) is 14.8. The van der Waals surface area contributed by atoms with Crippen molar-refractivity contribution in [2.24, 2.45) is 10.8 Å². The van der Waals surface area contributed by atoms with Gasteiger partial charge < -0.3 is 65.5 Å². The second-order valence-electron chi connectivity index (χ2n) is 29.1. The summed E-state index contributed by atoms with van der Waals surface area (Å²) in [6, 6.07) is 16.5. The quantitative estimate of drug-likeness (QED) is 0.0209. The van der Waals surface area contributed by atoms with E-state index in [4.69, 9.17) is 46.8 Å². The molecule has 90 heavy (non-hydrogen) atoms. The molecule has 2 saturated heterocycles. The van der Waals surface area contributed by atoms with Gasteiger partial charge in [-0.15, -0.1) is 0 Å². The molecule has 2 aromatic carbocycles. The van der Waals surface area contributed by atoms with Crippen LogP contribution in [0.4, 0.5) is 0 Å². The molecule has 16 nitrogen and oxygen atoms in total. The summed E-state index contributed by atoms with van der Waals surface area (Å²) < 4.78 is 68.3. The first-order valence-corrected chi connectivity index (χ1v) is 39.1. The maximum Gasteiger partial charge on any atom is 0.488 e. The molecule has 2 aliphatic rings. The van der Waals surface area contributed by atoms with Crippen molar-refractivity contribution in [3.63, 3.8) is 0 Å². The number of hydrogen-bond acceptors (Lipinski definition) is 14. The zero-order valence-corrected chi connectivity index (χ0v) is 62.4. The summed E-state index contributed by atoms with van der Waals surface area (Å²) in [4.78, 5) is 23.4. The van der Waals surface area contributed by atoms with Crippen molar-refractivity contribution in [1.82, 2.24) is 0 Å². The summed E-state index contributed by atoms with van der Waals surface area (Å²) in [7, 11) is 1.55. The fraction of sp³-hybridized carbons (Fsp3) is 0.824. The number of hydrogen-bond donors (Lipinski definition) is 2. The van der Waals surface area contributed by atoms with E-state index in [1.165, 1.54) is 188 Å². The molecular formula is C68H128B3IN2O14P2. The van der Waals surface area contributed by atoms with E-state index in [0.29, 0.717) is 53.9 Å². The number of aryl methyl sites for hydroxylation is 2. The highest BCUT2D eigenvalue weighted by Gasteiger charge is 2.47. The second-order valence-corrected chi connectivity index (χ2v) is 33.2. The van der Waals surface area contributed by atoms with Crippen LogP contribution < -0.4 is 15.2 Å². The zero-order valence-electron chi connectivity index (χ0n) is 58.4. The average molecular weight is 1420 g/mol. The monoisotopic (exact) mass is 1420 g/mol. The summed E-state index contributed by atoms with van der Waals surface area (Å²) in [6.45, 7) is 13.2. The van der Waals surface area contributed by atoms with Crippen LogP contribution in [0.1, 0.15) is 244 Å². The van der Waals surface area contributed by atoms with E-state index in [2.05, 4.69) is 74.6 Å². The fourth-order valence-electron chi connectivity index (χ4n) is 10.3. The molecule has 520 valence electrons. The van der Waals surface area contributed by atoms with E-state index in [1.807, 2.05) is 54.4 Å². The first kappa shape index (κ1) is 85.4. The van der Waals surface area contributed by atoms with Gasteiger partial charge in [-0.25, -0.2) is 0 Å². The third-order valence-electron chi connectivity index (χ3n) is 16.2. The zero-order chi connectivity index (χ0) is 66.5. The minimum atomic E-state index is -4.16. The van der Waals surface area contributed by atoms with Crippen LogP contribution in [0, 0.1) is 14.4 Å². The standard InChI is InChI=1S/C29H55BNO6P.C29H53INO4P.C10H20B2O4/c1-31(2,3)25-27-37-38(34,35)36-26-19-17-15-13-11-9-7-5-4-6-8-10-12-14-16-18-20-28-21-23-29(24-22-28)30(32)33;1-31(2,3)25-27-35-36(32,33)34-26-19-17-15-13-11-9-7-5-4-6-8-10-12-14-16-18-20-28-21-23-29(30)24-22-28;1-9(2)5-13-11(14-6-9)12-15-7-10(3,4)8-16-12/h21-24,32-33H,4-20,25-27H2,1-3H3;21-24H,4-20,25-27H2,1-3H3;5-8H2,1-4H3. The molecule has 0 aliphatic carbocycles. The summed E-state index contributed by atoms with van der Waals surface area (Å²) >= 11 is 2.37. The van der Waals surface area contributed by atoms with Crippen molar-refractivity contribution in [1.29, 1.82) is 0 Å². The minimum absolute atomic E-state index is 0.0877. The molecule has 0 spiro atoms. The lowest BCUT2D eigenvalue weighted by Gasteiger charge is -2.38. The number of unbranched alkanes of at least 4 members (excludes halogenated alkanes) is 30. The third kappa shape index (κ3) is 50.6. The van der Waals surface area contributed by atoms with E-state index in [9.17, 15) is 18.9 Å². The number of nitrogens with zero attached hydrogens (tertiary/aromatic N) is 2. The van der Waals surface area contributed by atoms with Gasteiger partial charge >= 0.3 is 21.1 Å². The summed E-state index contributed by atoms with van der Waals surface area (Å²) in [5, 5.41) is 18.3. The van der Waals surface area contributed by atoms with Crippen molar-refractivity contribution in [3.05, 3.63) is 63.2 Å².